The molecule has 0 aliphatic heterocycles. The van der Waals surface area contributed by atoms with Crippen LogP contribution in [0.1, 0.15) is 310 Å². The Balaban J connectivity index is 5.33. The largest absolute Gasteiger partial charge is 0.472 e. The molecule has 5 atom stereocenters. The number of aliphatic hydroxyl groups excluding tert-OH is 1. The van der Waals surface area contributed by atoms with E-state index in [1.807, 2.05) is 18.2 Å². The van der Waals surface area contributed by atoms with E-state index >= 15 is 0 Å². The van der Waals surface area contributed by atoms with Gasteiger partial charge in [-0.3, -0.25) is 37.3 Å². The molecule has 534 valence electrons. The van der Waals surface area contributed by atoms with Gasteiger partial charge in [-0.25, -0.2) is 9.13 Å². The van der Waals surface area contributed by atoms with Crippen molar-refractivity contribution in [1.29, 1.82) is 0 Å². The molecular weight excluding hydrogens is 1210 g/mol. The Morgan fingerprint density at radius 1 is 0.326 bits per heavy atom. The molecule has 0 saturated heterocycles. The molecule has 0 rings (SSSR count). The van der Waals surface area contributed by atoms with Gasteiger partial charge in [0, 0.05) is 19.3 Å². The number of rotatable bonds is 68. The normalized spacial score (nSPS) is 14.5. The monoisotopic (exact) mass is 1340 g/mol. The van der Waals surface area contributed by atoms with Gasteiger partial charge in [0.15, 0.2) is 12.2 Å². The van der Waals surface area contributed by atoms with Crippen LogP contribution in [0.3, 0.4) is 0 Å². The second-order valence-electron chi connectivity index (χ2n) is 24.2. The van der Waals surface area contributed by atoms with Crippen molar-refractivity contribution in [3.63, 3.8) is 0 Å². The lowest BCUT2D eigenvalue weighted by molar-refractivity contribution is -0.161. The first-order valence-corrected chi connectivity index (χ1v) is 39.2. The van der Waals surface area contributed by atoms with Crippen LogP contribution in [-0.4, -0.2) is 96.7 Å². The first kappa shape index (κ1) is 88.5. The van der Waals surface area contributed by atoms with Crippen molar-refractivity contribution >= 4 is 39.5 Å². The predicted molar refractivity (Wildman–Crippen MR) is 372 cm³/mol. The molecule has 19 heteroatoms. The first-order valence-electron chi connectivity index (χ1n) is 36.2. The van der Waals surface area contributed by atoms with Gasteiger partial charge >= 0.3 is 39.5 Å². The Morgan fingerprint density at radius 2 is 0.620 bits per heavy atom. The summed E-state index contributed by atoms with van der Waals surface area (Å²) in [6, 6.07) is 0. The summed E-state index contributed by atoms with van der Waals surface area (Å²) in [4.78, 5) is 72.5. The zero-order valence-corrected chi connectivity index (χ0v) is 59.8. The number of unbranched alkanes of at least 4 members (excludes halogenated alkanes) is 31. The van der Waals surface area contributed by atoms with Crippen LogP contribution in [0.4, 0.5) is 0 Å². The number of carbonyl (C=O) groups excluding carboxylic acids is 4. The van der Waals surface area contributed by atoms with Crippen LogP contribution in [0.25, 0.3) is 0 Å². The molecule has 0 aliphatic rings. The average Bonchev–Trinajstić information content (AvgIpc) is 2.55. The van der Waals surface area contributed by atoms with Crippen molar-refractivity contribution in [3.05, 3.63) is 72.9 Å². The summed E-state index contributed by atoms with van der Waals surface area (Å²) in [6.45, 7) is 4.61. The third-order valence-electron chi connectivity index (χ3n) is 15.2. The van der Waals surface area contributed by atoms with Crippen LogP contribution >= 0.6 is 15.6 Å². The molecule has 0 radical (unpaired) electrons. The van der Waals surface area contributed by atoms with Gasteiger partial charge in [-0.15, -0.1) is 0 Å². The van der Waals surface area contributed by atoms with Crippen molar-refractivity contribution in [2.24, 2.45) is 0 Å². The Kier molecular flexibility index (Phi) is 63.6. The molecule has 0 saturated carbocycles. The molecule has 0 aromatic rings. The zero-order chi connectivity index (χ0) is 67.5. The fraction of sp³-hybridized carbons (Fsp3) is 0.781. The van der Waals surface area contributed by atoms with Gasteiger partial charge in [0.2, 0.25) is 0 Å². The Labute approximate surface area is 558 Å². The Bertz CT molecular complexity index is 2040. The lowest BCUT2D eigenvalue weighted by atomic mass is 10.0. The summed E-state index contributed by atoms with van der Waals surface area (Å²) in [6.07, 6.45) is 63.8. The number of esters is 4. The molecule has 0 amide bonds. The van der Waals surface area contributed by atoms with Crippen LogP contribution in [0.2, 0.25) is 0 Å². The molecule has 5 unspecified atom stereocenters. The molecule has 0 heterocycles. The van der Waals surface area contributed by atoms with Gasteiger partial charge in [-0.2, -0.15) is 0 Å². The van der Waals surface area contributed by atoms with Crippen molar-refractivity contribution in [2.45, 2.75) is 329 Å². The SMILES string of the molecule is CC/C=C\C/C=C\C/C=C\C/C=C\C/C=C\CC(=O)OCC(COP(=O)(O)OCC(O)COP(=O)(O)OCC(COC(=O)CCCCCCCCCCCCCCCCC)OC(=O)CCCCCCCCCCCCC)OC(=O)CCCCCCC/C=C\CCCC. The third-order valence-corrected chi connectivity index (χ3v) is 17.1. The van der Waals surface area contributed by atoms with Crippen LogP contribution in [0.5, 0.6) is 0 Å². The van der Waals surface area contributed by atoms with Crippen LogP contribution in [0, 0.1) is 0 Å². The number of aliphatic hydroxyl groups is 1. The summed E-state index contributed by atoms with van der Waals surface area (Å²) < 4.78 is 68.1. The molecule has 0 fully saturated rings. The van der Waals surface area contributed by atoms with Gasteiger partial charge in [-0.1, -0.05) is 287 Å². The number of allylic oxidation sites excluding steroid dienone is 11. The van der Waals surface area contributed by atoms with E-state index in [0.717, 1.165) is 109 Å². The highest BCUT2D eigenvalue weighted by Gasteiger charge is 2.30. The molecule has 17 nitrogen and oxygen atoms in total. The molecule has 3 N–H and O–H groups in total. The van der Waals surface area contributed by atoms with Crippen molar-refractivity contribution < 1.29 is 80.2 Å². The van der Waals surface area contributed by atoms with Crippen molar-refractivity contribution in [1.82, 2.24) is 0 Å². The van der Waals surface area contributed by atoms with E-state index in [9.17, 15) is 43.2 Å². The highest BCUT2D eigenvalue weighted by atomic mass is 31.2. The second-order valence-corrected chi connectivity index (χ2v) is 27.1. The molecule has 0 aromatic heterocycles. The standard InChI is InChI=1S/C73H130O17P2/c1-5-9-13-17-21-25-29-31-33-35-39-41-45-49-53-57-70(75)83-63-68(89-72(77)59-55-51-47-43-37-27-23-19-15-11-7-3)65-87-91(79,80)85-61-67(74)62-86-92(81,82)88-66-69(90-73(78)60-56-52-48-44-38-28-24-20-16-12-8-4)64-84-71(76)58-54-50-46-42-40-36-34-32-30-26-22-18-14-10-6-2/h9,13,19,21,23,25,31,33,39,41,49,53,67-69,74H,5-8,10-12,14-18,20,22,24,26-30,32,34-38,40,42-48,50-52,54-66H2,1-4H3,(H,79,80)(H,81,82)/b13-9-,23-19-,25-21-,33-31-,41-39-,53-49-. The van der Waals surface area contributed by atoms with Gasteiger partial charge in [-0.05, 0) is 70.6 Å². The highest BCUT2D eigenvalue weighted by molar-refractivity contribution is 7.47. The zero-order valence-electron chi connectivity index (χ0n) is 58.0. The maximum atomic E-state index is 13.0. The number of phosphoric ester groups is 2. The lowest BCUT2D eigenvalue weighted by Crippen LogP contribution is -2.30. The fourth-order valence-electron chi connectivity index (χ4n) is 9.69. The van der Waals surface area contributed by atoms with Crippen LogP contribution in [-0.2, 0) is 65.4 Å². The van der Waals surface area contributed by atoms with Crippen LogP contribution in [0.15, 0.2) is 72.9 Å². The van der Waals surface area contributed by atoms with E-state index in [1.54, 1.807) is 6.08 Å². The minimum Gasteiger partial charge on any atom is -0.462 e. The number of carbonyl (C=O) groups is 4. The van der Waals surface area contributed by atoms with E-state index in [0.29, 0.717) is 25.7 Å². The maximum Gasteiger partial charge on any atom is 0.472 e. The van der Waals surface area contributed by atoms with Gasteiger partial charge < -0.3 is 33.8 Å². The number of phosphoric acid groups is 2. The van der Waals surface area contributed by atoms with E-state index in [2.05, 4.69) is 76.3 Å². The van der Waals surface area contributed by atoms with Gasteiger partial charge in [0.1, 0.15) is 19.3 Å². The minimum absolute atomic E-state index is 0.0671. The maximum absolute atomic E-state index is 13.0. The molecule has 0 bridgehead atoms. The first-order chi connectivity index (χ1) is 44.7. The molecule has 0 aromatic carbocycles. The smallest absolute Gasteiger partial charge is 0.462 e. The topological polar surface area (TPSA) is 237 Å². The second kappa shape index (κ2) is 66.1. The van der Waals surface area contributed by atoms with Gasteiger partial charge in [0.05, 0.1) is 32.8 Å². The number of ether oxygens (including phenoxy) is 4. The summed E-state index contributed by atoms with van der Waals surface area (Å²) >= 11 is 0. The molecule has 92 heavy (non-hydrogen) atoms. The Hall–Kier alpha value is -3.50. The summed E-state index contributed by atoms with van der Waals surface area (Å²) in [7, 11) is -9.95. The third kappa shape index (κ3) is 65.2. The van der Waals surface area contributed by atoms with E-state index in [4.69, 9.17) is 37.0 Å². The van der Waals surface area contributed by atoms with Crippen molar-refractivity contribution in [3.8, 4) is 0 Å². The lowest BCUT2D eigenvalue weighted by Gasteiger charge is -2.21. The van der Waals surface area contributed by atoms with E-state index in [-0.39, 0.29) is 25.7 Å². The quantitative estimate of drug-likeness (QED) is 0.0169. The van der Waals surface area contributed by atoms with Gasteiger partial charge in [0.25, 0.3) is 0 Å². The predicted octanol–water partition coefficient (Wildman–Crippen LogP) is 20.1. The van der Waals surface area contributed by atoms with E-state index < -0.39 is 97.5 Å². The fourth-order valence-corrected chi connectivity index (χ4v) is 11.3. The highest BCUT2D eigenvalue weighted by Crippen LogP contribution is 2.45. The number of hydrogen-bond acceptors (Lipinski definition) is 15. The molecule has 0 aliphatic carbocycles. The average molecular weight is 1340 g/mol. The van der Waals surface area contributed by atoms with Crippen molar-refractivity contribution in [2.75, 3.05) is 39.6 Å². The summed E-state index contributed by atoms with van der Waals surface area (Å²) in [5.41, 5.74) is 0. The summed E-state index contributed by atoms with van der Waals surface area (Å²) in [5, 5.41) is 10.6. The summed E-state index contributed by atoms with van der Waals surface area (Å²) in [5.74, 6) is -2.31. The van der Waals surface area contributed by atoms with E-state index in [1.165, 1.54) is 122 Å². The number of hydrogen-bond donors (Lipinski definition) is 3. The van der Waals surface area contributed by atoms with Crippen LogP contribution < -0.4 is 0 Å². The minimum atomic E-state index is -4.98. The molecule has 0 spiro atoms. The molecular formula is C73H130O17P2. The Morgan fingerprint density at radius 3 is 0.989 bits per heavy atom.